The first-order chi connectivity index (χ1) is 9.97. The third kappa shape index (κ3) is 11.6. The molecule has 0 aliphatic carbocycles. The fourth-order valence-corrected chi connectivity index (χ4v) is 1.36. The standard InChI is InChI=1S/C12H22N2O7/c1-20-6-7-21-5-3-2-4-13-12(19)14-9(11(17)18)8-10(15)16/h9H,2-8H2,1H3,(H,15,16)(H,17,18)(H2,13,14,19)/t9-/m0/s1. The summed E-state index contributed by atoms with van der Waals surface area (Å²) < 4.78 is 10.0. The Morgan fingerprint density at radius 3 is 2.38 bits per heavy atom. The Bertz CT molecular complexity index is 336. The van der Waals surface area contributed by atoms with Crippen molar-refractivity contribution < 1.29 is 34.1 Å². The van der Waals surface area contributed by atoms with Crippen LogP contribution >= 0.6 is 0 Å². The Hall–Kier alpha value is -1.87. The summed E-state index contributed by atoms with van der Waals surface area (Å²) in [6.45, 7) is 1.93. The zero-order chi connectivity index (χ0) is 16.1. The van der Waals surface area contributed by atoms with Crippen LogP contribution in [-0.4, -0.2) is 67.7 Å². The number of hydrogen-bond donors (Lipinski definition) is 4. The third-order valence-corrected chi connectivity index (χ3v) is 2.41. The molecule has 2 amide bonds. The number of methoxy groups -OCH3 is 1. The number of hydrogen-bond acceptors (Lipinski definition) is 5. The molecule has 0 aromatic heterocycles. The van der Waals surface area contributed by atoms with Crippen molar-refractivity contribution in [2.45, 2.75) is 25.3 Å². The summed E-state index contributed by atoms with van der Waals surface area (Å²) in [6.07, 6.45) is 0.731. The van der Waals surface area contributed by atoms with Crippen LogP contribution in [0.3, 0.4) is 0 Å². The number of carboxylic acids is 2. The number of amides is 2. The second-order valence-corrected chi connectivity index (χ2v) is 4.20. The van der Waals surface area contributed by atoms with E-state index in [9.17, 15) is 14.4 Å². The summed E-state index contributed by atoms with van der Waals surface area (Å²) in [5, 5.41) is 21.8. The van der Waals surface area contributed by atoms with Crippen molar-refractivity contribution in [1.29, 1.82) is 0 Å². The highest BCUT2D eigenvalue weighted by molar-refractivity contribution is 5.86. The van der Waals surface area contributed by atoms with Crippen LogP contribution in [0.2, 0.25) is 0 Å². The molecule has 0 saturated carbocycles. The van der Waals surface area contributed by atoms with E-state index in [1.165, 1.54) is 0 Å². The van der Waals surface area contributed by atoms with Crippen molar-refractivity contribution in [2.75, 3.05) is 33.5 Å². The van der Waals surface area contributed by atoms with Gasteiger partial charge in [-0.15, -0.1) is 0 Å². The maximum Gasteiger partial charge on any atom is 0.326 e. The van der Waals surface area contributed by atoms with Gasteiger partial charge in [0.2, 0.25) is 0 Å². The Balaban J connectivity index is 3.69. The topological polar surface area (TPSA) is 134 Å². The van der Waals surface area contributed by atoms with E-state index in [-0.39, 0.29) is 0 Å². The van der Waals surface area contributed by atoms with Crippen molar-refractivity contribution in [3.63, 3.8) is 0 Å². The van der Waals surface area contributed by atoms with Gasteiger partial charge in [0.05, 0.1) is 19.6 Å². The van der Waals surface area contributed by atoms with Gasteiger partial charge in [0.1, 0.15) is 6.04 Å². The quantitative estimate of drug-likeness (QED) is 0.362. The Morgan fingerprint density at radius 2 is 1.81 bits per heavy atom. The first-order valence-electron chi connectivity index (χ1n) is 6.53. The minimum atomic E-state index is -1.44. The molecule has 21 heavy (non-hydrogen) atoms. The van der Waals surface area contributed by atoms with Crippen LogP contribution in [0.25, 0.3) is 0 Å². The van der Waals surface area contributed by atoms with E-state index >= 15 is 0 Å². The summed E-state index contributed by atoms with van der Waals surface area (Å²) in [7, 11) is 1.58. The second-order valence-electron chi connectivity index (χ2n) is 4.20. The summed E-state index contributed by atoms with van der Waals surface area (Å²) in [5.41, 5.74) is 0. The van der Waals surface area contributed by atoms with Gasteiger partial charge in [-0.3, -0.25) is 4.79 Å². The predicted octanol–water partition coefficient (Wildman–Crippen LogP) is -0.343. The molecule has 0 aromatic rings. The molecule has 4 N–H and O–H groups in total. The number of carbonyl (C=O) groups is 3. The van der Waals surface area contributed by atoms with Crippen LogP contribution in [0.4, 0.5) is 4.79 Å². The Morgan fingerprint density at radius 1 is 1.10 bits per heavy atom. The largest absolute Gasteiger partial charge is 0.481 e. The number of aliphatic carboxylic acids is 2. The highest BCUT2D eigenvalue weighted by Gasteiger charge is 2.22. The molecule has 0 fully saturated rings. The molecule has 0 bridgehead atoms. The summed E-state index contributed by atoms with van der Waals surface area (Å²) in [4.78, 5) is 32.6. The average molecular weight is 306 g/mol. The lowest BCUT2D eigenvalue weighted by Gasteiger charge is -2.13. The molecule has 0 heterocycles. The summed E-state index contributed by atoms with van der Waals surface area (Å²) >= 11 is 0. The van der Waals surface area contributed by atoms with Crippen LogP contribution in [0.15, 0.2) is 0 Å². The number of urea groups is 1. The molecule has 1 atom stereocenters. The van der Waals surface area contributed by atoms with E-state index in [0.717, 1.165) is 6.42 Å². The lowest BCUT2D eigenvalue weighted by Crippen LogP contribution is -2.47. The molecule has 0 unspecified atom stereocenters. The molecule has 0 aliphatic rings. The SMILES string of the molecule is COCCOCCCCNC(=O)N[C@@H](CC(=O)O)C(=O)O. The maximum absolute atomic E-state index is 11.4. The monoisotopic (exact) mass is 306 g/mol. The molecule has 9 nitrogen and oxygen atoms in total. The van der Waals surface area contributed by atoms with E-state index < -0.39 is 30.4 Å². The smallest absolute Gasteiger partial charge is 0.326 e. The minimum absolute atomic E-state index is 0.346. The summed E-state index contributed by atoms with van der Waals surface area (Å²) in [5.74, 6) is -2.69. The highest BCUT2D eigenvalue weighted by Crippen LogP contribution is 1.93. The van der Waals surface area contributed by atoms with Crippen LogP contribution in [0, 0.1) is 0 Å². The lowest BCUT2D eigenvalue weighted by atomic mass is 10.2. The van der Waals surface area contributed by atoms with Crippen molar-refractivity contribution in [1.82, 2.24) is 10.6 Å². The van der Waals surface area contributed by atoms with Gasteiger partial charge in [-0.2, -0.15) is 0 Å². The van der Waals surface area contributed by atoms with E-state index in [2.05, 4.69) is 10.6 Å². The van der Waals surface area contributed by atoms with Crippen LogP contribution in [-0.2, 0) is 19.1 Å². The van der Waals surface area contributed by atoms with Crippen molar-refractivity contribution in [3.8, 4) is 0 Å². The number of unbranched alkanes of at least 4 members (excludes halogenated alkanes) is 1. The van der Waals surface area contributed by atoms with Gasteiger partial charge in [0.25, 0.3) is 0 Å². The maximum atomic E-state index is 11.4. The minimum Gasteiger partial charge on any atom is -0.481 e. The van der Waals surface area contributed by atoms with Crippen LogP contribution in [0.1, 0.15) is 19.3 Å². The van der Waals surface area contributed by atoms with Gasteiger partial charge in [-0.25, -0.2) is 9.59 Å². The molecule has 0 saturated heterocycles. The highest BCUT2D eigenvalue weighted by atomic mass is 16.5. The first-order valence-corrected chi connectivity index (χ1v) is 6.53. The Kier molecular flexibility index (Phi) is 10.9. The molecule has 122 valence electrons. The molecule has 0 spiro atoms. The number of rotatable bonds is 12. The fourth-order valence-electron chi connectivity index (χ4n) is 1.36. The van der Waals surface area contributed by atoms with Crippen LogP contribution in [0.5, 0.6) is 0 Å². The Labute approximate surface area is 122 Å². The number of carboxylic acid groups (broad SMARTS) is 2. The molecule has 0 rings (SSSR count). The van der Waals surface area contributed by atoms with E-state index in [0.29, 0.717) is 32.8 Å². The molecule has 9 heteroatoms. The molecule has 0 aromatic carbocycles. The van der Waals surface area contributed by atoms with Crippen molar-refractivity contribution in [3.05, 3.63) is 0 Å². The van der Waals surface area contributed by atoms with Crippen molar-refractivity contribution >= 4 is 18.0 Å². The molecule has 0 radical (unpaired) electrons. The van der Waals surface area contributed by atoms with Crippen molar-refractivity contribution in [2.24, 2.45) is 0 Å². The zero-order valence-electron chi connectivity index (χ0n) is 12.0. The molecular formula is C12H22N2O7. The van der Waals surface area contributed by atoms with E-state index in [1.807, 2.05) is 0 Å². The average Bonchev–Trinajstić information content (AvgIpc) is 2.40. The molecular weight excluding hydrogens is 284 g/mol. The second kappa shape index (κ2) is 11.9. The lowest BCUT2D eigenvalue weighted by molar-refractivity contribution is -0.145. The fraction of sp³-hybridized carbons (Fsp3) is 0.750. The molecule has 0 aliphatic heterocycles. The first kappa shape index (κ1) is 19.1. The van der Waals surface area contributed by atoms with Gasteiger partial charge >= 0.3 is 18.0 Å². The van der Waals surface area contributed by atoms with E-state index in [4.69, 9.17) is 19.7 Å². The normalized spacial score (nSPS) is 11.7. The predicted molar refractivity (Wildman–Crippen MR) is 72.1 cm³/mol. The van der Waals surface area contributed by atoms with Gasteiger partial charge < -0.3 is 30.3 Å². The van der Waals surface area contributed by atoms with Gasteiger partial charge in [-0.05, 0) is 12.8 Å². The number of nitrogens with one attached hydrogen (secondary N) is 2. The zero-order valence-corrected chi connectivity index (χ0v) is 12.0. The number of carbonyl (C=O) groups excluding carboxylic acids is 1. The van der Waals surface area contributed by atoms with Crippen LogP contribution < -0.4 is 10.6 Å². The van der Waals surface area contributed by atoms with Gasteiger partial charge in [0, 0.05) is 20.3 Å². The summed E-state index contributed by atoms with van der Waals surface area (Å²) in [6, 6.07) is -2.15. The van der Waals surface area contributed by atoms with Gasteiger partial charge in [-0.1, -0.05) is 0 Å². The third-order valence-electron chi connectivity index (χ3n) is 2.41. The van der Waals surface area contributed by atoms with Gasteiger partial charge in [0.15, 0.2) is 0 Å². The van der Waals surface area contributed by atoms with E-state index in [1.54, 1.807) is 7.11 Å². The number of ether oxygens (including phenoxy) is 2.